The van der Waals surface area contributed by atoms with Crippen LogP contribution in [0.4, 0.5) is 4.79 Å². The van der Waals surface area contributed by atoms with E-state index in [0.717, 1.165) is 12.8 Å². The highest BCUT2D eigenvalue weighted by Gasteiger charge is 2.34. The molecule has 1 saturated heterocycles. The maximum Gasteiger partial charge on any atom is 0.424 e. The largest absolute Gasteiger partial charge is 0.443 e. The average Bonchev–Trinajstić information content (AvgIpc) is 2.12. The van der Waals surface area contributed by atoms with Gasteiger partial charge in [-0.25, -0.2) is 15.6 Å². The number of hydrazine groups is 1. The minimum absolute atomic E-state index is 0.0198. The van der Waals surface area contributed by atoms with Gasteiger partial charge in [-0.2, -0.15) is 0 Å². The van der Waals surface area contributed by atoms with Crippen molar-refractivity contribution in [2.24, 2.45) is 5.84 Å². The number of hydrogen-bond donors (Lipinski definition) is 1. The van der Waals surface area contributed by atoms with Crippen LogP contribution in [0.25, 0.3) is 0 Å². The Hall–Kier alpha value is -0.810. The van der Waals surface area contributed by atoms with Crippen LogP contribution < -0.4 is 5.84 Å². The molecule has 1 amide bonds. The Kier molecular flexibility index (Phi) is 4.04. The molecule has 0 aromatic heterocycles. The molecular weight excluding hydrogens is 220 g/mol. The Morgan fingerprint density at radius 1 is 1.47 bits per heavy atom. The quantitative estimate of drug-likeness (QED) is 0.435. The van der Waals surface area contributed by atoms with Gasteiger partial charge in [0.15, 0.2) is 0 Å². The van der Waals surface area contributed by atoms with E-state index in [9.17, 15) is 4.79 Å². The van der Waals surface area contributed by atoms with E-state index in [0.29, 0.717) is 6.61 Å². The molecule has 1 aliphatic rings. The third kappa shape index (κ3) is 4.52. The van der Waals surface area contributed by atoms with Crippen LogP contribution >= 0.6 is 0 Å². The van der Waals surface area contributed by atoms with Gasteiger partial charge in [0.25, 0.3) is 0 Å². The first kappa shape index (κ1) is 14.3. The van der Waals surface area contributed by atoms with Crippen LogP contribution in [-0.2, 0) is 9.47 Å². The average molecular weight is 244 g/mol. The van der Waals surface area contributed by atoms with Crippen molar-refractivity contribution in [1.82, 2.24) is 5.01 Å². The van der Waals surface area contributed by atoms with E-state index in [1.165, 1.54) is 5.01 Å². The summed E-state index contributed by atoms with van der Waals surface area (Å²) < 4.78 is 10.8. The molecule has 0 spiro atoms. The van der Waals surface area contributed by atoms with E-state index < -0.39 is 11.7 Å². The second-order valence-electron chi connectivity index (χ2n) is 6.14. The van der Waals surface area contributed by atoms with Crippen LogP contribution in [0.5, 0.6) is 0 Å². The maximum atomic E-state index is 11.8. The van der Waals surface area contributed by atoms with Gasteiger partial charge in [-0.1, -0.05) is 0 Å². The molecule has 0 aromatic carbocycles. The summed E-state index contributed by atoms with van der Waals surface area (Å²) in [6.07, 6.45) is 1.00. The molecule has 5 nitrogen and oxygen atoms in total. The number of carbonyl (C=O) groups excluding carboxylic acids is 1. The molecule has 0 aromatic rings. The van der Waals surface area contributed by atoms with Crippen molar-refractivity contribution in [3.8, 4) is 0 Å². The lowest BCUT2D eigenvalue weighted by atomic mass is 9.94. The molecule has 1 fully saturated rings. The van der Waals surface area contributed by atoms with E-state index in [4.69, 9.17) is 15.3 Å². The van der Waals surface area contributed by atoms with Gasteiger partial charge >= 0.3 is 6.09 Å². The molecule has 1 atom stereocenters. The zero-order valence-electron chi connectivity index (χ0n) is 11.4. The van der Waals surface area contributed by atoms with Crippen LogP contribution in [0.1, 0.15) is 47.5 Å². The Balaban J connectivity index is 2.57. The van der Waals surface area contributed by atoms with Gasteiger partial charge in [-0.05, 0) is 47.5 Å². The fourth-order valence-electron chi connectivity index (χ4n) is 1.90. The number of nitrogens with two attached hydrogens (primary N) is 1. The first-order valence-corrected chi connectivity index (χ1v) is 6.02. The molecule has 0 aliphatic carbocycles. The summed E-state index contributed by atoms with van der Waals surface area (Å²) in [6, 6.07) is -0.0198. The van der Waals surface area contributed by atoms with Crippen LogP contribution in [0.2, 0.25) is 0 Å². The number of hydrogen-bond acceptors (Lipinski definition) is 4. The molecule has 1 unspecified atom stereocenters. The van der Waals surface area contributed by atoms with Gasteiger partial charge in [-0.3, -0.25) is 0 Å². The summed E-state index contributed by atoms with van der Waals surface area (Å²) in [5.74, 6) is 5.82. The number of rotatable bonds is 1. The number of nitrogens with zero attached hydrogens (tertiary/aromatic N) is 1. The Labute approximate surface area is 103 Å². The van der Waals surface area contributed by atoms with Crippen molar-refractivity contribution in [3.63, 3.8) is 0 Å². The maximum absolute atomic E-state index is 11.8. The normalized spacial score (nSPS) is 24.2. The smallest absolute Gasteiger partial charge is 0.424 e. The number of amides is 1. The van der Waals surface area contributed by atoms with Crippen molar-refractivity contribution in [1.29, 1.82) is 0 Å². The second kappa shape index (κ2) is 4.82. The third-order valence-electron chi connectivity index (χ3n) is 2.67. The van der Waals surface area contributed by atoms with E-state index in [1.54, 1.807) is 0 Å². The first-order valence-electron chi connectivity index (χ1n) is 6.02. The molecule has 1 aliphatic heterocycles. The Morgan fingerprint density at radius 3 is 2.53 bits per heavy atom. The molecule has 5 heteroatoms. The molecule has 2 N–H and O–H groups in total. The van der Waals surface area contributed by atoms with E-state index in [2.05, 4.69) is 0 Å². The molecule has 0 radical (unpaired) electrons. The van der Waals surface area contributed by atoms with Gasteiger partial charge in [0, 0.05) is 6.61 Å². The summed E-state index contributed by atoms with van der Waals surface area (Å²) in [7, 11) is 0. The van der Waals surface area contributed by atoms with Gasteiger partial charge < -0.3 is 9.47 Å². The molecular formula is C12H24N2O3. The third-order valence-corrected chi connectivity index (χ3v) is 2.67. The van der Waals surface area contributed by atoms with Crippen molar-refractivity contribution in [3.05, 3.63) is 0 Å². The zero-order chi connectivity index (χ0) is 13.3. The lowest BCUT2D eigenvalue weighted by Gasteiger charge is -2.39. The summed E-state index contributed by atoms with van der Waals surface area (Å²) in [5, 5.41) is 1.20. The zero-order valence-corrected chi connectivity index (χ0v) is 11.4. The van der Waals surface area contributed by atoms with Crippen LogP contribution in [0.15, 0.2) is 0 Å². The van der Waals surface area contributed by atoms with Crippen LogP contribution in [0.3, 0.4) is 0 Å². The summed E-state index contributed by atoms with van der Waals surface area (Å²) in [6.45, 7) is 10.1. The predicted molar refractivity (Wildman–Crippen MR) is 65.3 cm³/mol. The van der Waals surface area contributed by atoms with Crippen molar-refractivity contribution in [2.75, 3.05) is 6.61 Å². The SMILES string of the molecule is CC(C)(C)OC(=O)N(N)C1CCOC(C)(C)C1. The van der Waals surface area contributed by atoms with E-state index >= 15 is 0 Å². The highest BCUT2D eigenvalue weighted by molar-refractivity contribution is 5.67. The fourth-order valence-corrected chi connectivity index (χ4v) is 1.90. The number of carbonyl (C=O) groups is 1. The molecule has 0 bridgehead atoms. The highest BCUT2D eigenvalue weighted by atomic mass is 16.6. The van der Waals surface area contributed by atoms with Gasteiger partial charge in [0.2, 0.25) is 0 Å². The molecule has 1 heterocycles. The first-order chi connectivity index (χ1) is 7.61. The Bertz CT molecular complexity index is 284. The molecule has 1 rings (SSSR count). The topological polar surface area (TPSA) is 64.8 Å². The minimum atomic E-state index is -0.518. The van der Waals surface area contributed by atoms with Crippen molar-refractivity contribution >= 4 is 6.09 Å². The second-order valence-corrected chi connectivity index (χ2v) is 6.14. The minimum Gasteiger partial charge on any atom is -0.443 e. The van der Waals surface area contributed by atoms with Crippen molar-refractivity contribution < 1.29 is 14.3 Å². The summed E-state index contributed by atoms with van der Waals surface area (Å²) in [5.41, 5.74) is -0.752. The lowest BCUT2D eigenvalue weighted by molar-refractivity contribution is -0.0843. The fraction of sp³-hybridized carbons (Fsp3) is 0.917. The lowest BCUT2D eigenvalue weighted by Crippen LogP contribution is -2.53. The monoisotopic (exact) mass is 244 g/mol. The summed E-state index contributed by atoms with van der Waals surface area (Å²) in [4.78, 5) is 11.8. The van der Waals surface area contributed by atoms with Gasteiger partial charge in [0.1, 0.15) is 5.60 Å². The van der Waals surface area contributed by atoms with E-state index in [1.807, 2.05) is 34.6 Å². The highest BCUT2D eigenvalue weighted by Crippen LogP contribution is 2.26. The predicted octanol–water partition coefficient (Wildman–Crippen LogP) is 2.05. The van der Waals surface area contributed by atoms with Crippen molar-refractivity contribution in [2.45, 2.75) is 64.7 Å². The number of ether oxygens (including phenoxy) is 2. The standard InChI is InChI=1S/C12H24N2O3/c1-11(2,3)17-10(15)14(13)9-6-7-16-12(4,5)8-9/h9H,6-8,13H2,1-5H3. The molecule has 17 heavy (non-hydrogen) atoms. The molecule has 100 valence electrons. The van der Waals surface area contributed by atoms with Crippen LogP contribution in [-0.4, -0.2) is 35.0 Å². The van der Waals surface area contributed by atoms with Gasteiger partial charge in [0.05, 0.1) is 11.6 Å². The Morgan fingerprint density at radius 2 is 2.06 bits per heavy atom. The summed E-state index contributed by atoms with van der Waals surface area (Å²) >= 11 is 0. The van der Waals surface area contributed by atoms with Gasteiger partial charge in [-0.15, -0.1) is 0 Å². The van der Waals surface area contributed by atoms with Crippen LogP contribution in [0, 0.1) is 0 Å². The molecule has 0 saturated carbocycles. The van der Waals surface area contributed by atoms with E-state index in [-0.39, 0.29) is 11.6 Å².